The molecule has 0 aliphatic rings. The van der Waals surface area contributed by atoms with Crippen molar-refractivity contribution in [1.82, 2.24) is 0 Å². The molecule has 0 spiro atoms. The van der Waals surface area contributed by atoms with Crippen molar-refractivity contribution in [1.29, 1.82) is 0 Å². The average Bonchev–Trinajstić information content (AvgIpc) is 2.63. The van der Waals surface area contributed by atoms with Gasteiger partial charge < -0.3 is 10.2 Å². The molecule has 0 saturated carbocycles. The number of hydrogen-bond donors (Lipinski definition) is 2. The van der Waals surface area contributed by atoms with Crippen LogP contribution in [0, 0.1) is 0 Å². The van der Waals surface area contributed by atoms with E-state index < -0.39 is 6.10 Å². The van der Waals surface area contributed by atoms with Gasteiger partial charge in [0.1, 0.15) is 0 Å². The van der Waals surface area contributed by atoms with Gasteiger partial charge in [-0.1, -0.05) is 78.9 Å². The summed E-state index contributed by atoms with van der Waals surface area (Å²) in [6, 6.07) is 25.6. The Morgan fingerprint density at radius 3 is 2.04 bits per heavy atom. The second-order valence-corrected chi connectivity index (χ2v) is 5.60. The number of aliphatic hydroxyl groups excluding tert-OH is 2. The van der Waals surface area contributed by atoms with Gasteiger partial charge in [-0.15, -0.1) is 0 Å². The normalized spacial score (nSPS) is 12.1. The van der Waals surface area contributed by atoms with E-state index in [0.717, 1.165) is 27.8 Å². The van der Waals surface area contributed by atoms with Crippen molar-refractivity contribution < 1.29 is 10.2 Å². The summed E-state index contributed by atoms with van der Waals surface area (Å²) in [5, 5.41) is 20.3. The predicted molar refractivity (Wildman–Crippen MR) is 92.9 cm³/mol. The maximum Gasteiger partial charge on any atom is 0.0830 e. The number of rotatable bonds is 5. The van der Waals surface area contributed by atoms with Crippen LogP contribution < -0.4 is 0 Å². The number of benzene rings is 3. The maximum absolute atomic E-state index is 10.6. The molecule has 0 bridgehead atoms. The molecule has 1 unspecified atom stereocenters. The van der Waals surface area contributed by atoms with Gasteiger partial charge in [-0.25, -0.2) is 0 Å². The van der Waals surface area contributed by atoms with Gasteiger partial charge in [0.25, 0.3) is 0 Å². The maximum atomic E-state index is 10.6. The summed E-state index contributed by atoms with van der Waals surface area (Å²) in [6.07, 6.45) is -0.114. The summed E-state index contributed by atoms with van der Waals surface area (Å²) < 4.78 is 0. The highest BCUT2D eigenvalue weighted by molar-refractivity contribution is 5.69. The highest BCUT2D eigenvalue weighted by atomic mass is 16.3. The lowest BCUT2D eigenvalue weighted by Crippen LogP contribution is -2.06. The Bertz CT molecular complexity index is 751. The molecule has 0 fully saturated rings. The minimum atomic E-state index is -0.591. The largest absolute Gasteiger partial charge is 0.392 e. The van der Waals surface area contributed by atoms with Crippen molar-refractivity contribution in [2.24, 2.45) is 0 Å². The quantitative estimate of drug-likeness (QED) is 0.744. The van der Waals surface area contributed by atoms with Crippen LogP contribution in [0.1, 0.15) is 22.8 Å². The van der Waals surface area contributed by atoms with Crippen LogP contribution in [0.25, 0.3) is 11.1 Å². The lowest BCUT2D eigenvalue weighted by atomic mass is 9.90. The molecule has 0 radical (unpaired) electrons. The lowest BCUT2D eigenvalue weighted by molar-refractivity contribution is 0.177. The summed E-state index contributed by atoms with van der Waals surface area (Å²) in [7, 11) is 0. The molecule has 3 aromatic rings. The van der Waals surface area contributed by atoms with E-state index in [-0.39, 0.29) is 6.61 Å². The van der Waals surface area contributed by atoms with Gasteiger partial charge in [0.05, 0.1) is 12.7 Å². The summed E-state index contributed by atoms with van der Waals surface area (Å²) in [4.78, 5) is 0. The average molecular weight is 304 g/mol. The second-order valence-electron chi connectivity index (χ2n) is 5.60. The summed E-state index contributed by atoms with van der Waals surface area (Å²) >= 11 is 0. The smallest absolute Gasteiger partial charge is 0.0830 e. The molecule has 2 nitrogen and oxygen atoms in total. The second kappa shape index (κ2) is 7.23. The van der Waals surface area contributed by atoms with Crippen LogP contribution in [0.2, 0.25) is 0 Å². The molecule has 0 aliphatic heterocycles. The van der Waals surface area contributed by atoms with Crippen LogP contribution in [0.3, 0.4) is 0 Å². The van der Waals surface area contributed by atoms with E-state index in [9.17, 15) is 10.2 Å². The van der Waals surface area contributed by atoms with E-state index in [1.54, 1.807) is 0 Å². The van der Waals surface area contributed by atoms with Gasteiger partial charge in [0.15, 0.2) is 0 Å². The lowest BCUT2D eigenvalue weighted by Gasteiger charge is -2.18. The Morgan fingerprint density at radius 2 is 1.39 bits per heavy atom. The van der Waals surface area contributed by atoms with Crippen LogP contribution in [-0.2, 0) is 13.0 Å². The molecule has 2 N–H and O–H groups in total. The molecule has 1 atom stereocenters. The molecule has 3 aromatic carbocycles. The highest BCUT2D eigenvalue weighted by Gasteiger charge is 2.15. The standard InChI is InChI=1S/C21H20O2/c22-15-18-12-7-13-19(16-8-3-1-4-9-16)20(18)14-21(23)17-10-5-2-6-11-17/h1-13,21-23H,14-15H2. The Labute approximate surface area is 136 Å². The van der Waals surface area contributed by atoms with Crippen LogP contribution in [0.15, 0.2) is 78.9 Å². The van der Waals surface area contributed by atoms with Gasteiger partial charge in [-0.2, -0.15) is 0 Å². The molecule has 2 heteroatoms. The summed E-state index contributed by atoms with van der Waals surface area (Å²) in [6.45, 7) is -0.0302. The topological polar surface area (TPSA) is 40.5 Å². The van der Waals surface area contributed by atoms with Crippen LogP contribution >= 0.6 is 0 Å². The van der Waals surface area contributed by atoms with Gasteiger partial charge in [-0.05, 0) is 27.8 Å². The van der Waals surface area contributed by atoms with Crippen molar-refractivity contribution in [3.05, 3.63) is 95.6 Å². The number of aliphatic hydroxyl groups is 2. The molecule has 3 rings (SSSR count). The number of hydrogen-bond acceptors (Lipinski definition) is 2. The SMILES string of the molecule is OCc1cccc(-c2ccccc2)c1CC(O)c1ccccc1. The minimum Gasteiger partial charge on any atom is -0.392 e. The van der Waals surface area contributed by atoms with E-state index >= 15 is 0 Å². The van der Waals surface area contributed by atoms with E-state index in [4.69, 9.17) is 0 Å². The van der Waals surface area contributed by atoms with E-state index in [2.05, 4.69) is 12.1 Å². The predicted octanol–water partition coefficient (Wildman–Crippen LogP) is 4.12. The first-order chi connectivity index (χ1) is 11.3. The molecule has 0 heterocycles. The molecule has 23 heavy (non-hydrogen) atoms. The fourth-order valence-electron chi connectivity index (χ4n) is 2.90. The van der Waals surface area contributed by atoms with Crippen LogP contribution in [-0.4, -0.2) is 10.2 Å². The minimum absolute atomic E-state index is 0.0302. The first-order valence-corrected chi connectivity index (χ1v) is 7.79. The summed E-state index contributed by atoms with van der Waals surface area (Å²) in [5.74, 6) is 0. The van der Waals surface area contributed by atoms with Gasteiger partial charge in [0.2, 0.25) is 0 Å². The van der Waals surface area contributed by atoms with Gasteiger partial charge in [0, 0.05) is 6.42 Å². The zero-order valence-electron chi connectivity index (χ0n) is 12.9. The van der Waals surface area contributed by atoms with Crippen molar-refractivity contribution >= 4 is 0 Å². The Morgan fingerprint density at radius 1 is 0.739 bits per heavy atom. The monoisotopic (exact) mass is 304 g/mol. The first kappa shape index (κ1) is 15.5. The fraction of sp³-hybridized carbons (Fsp3) is 0.143. The van der Waals surface area contributed by atoms with Crippen molar-refractivity contribution in [2.75, 3.05) is 0 Å². The molecule has 0 saturated heterocycles. The molecular formula is C21H20O2. The Hall–Kier alpha value is -2.42. The highest BCUT2D eigenvalue weighted by Crippen LogP contribution is 2.30. The fourth-order valence-corrected chi connectivity index (χ4v) is 2.90. The zero-order valence-corrected chi connectivity index (χ0v) is 12.9. The van der Waals surface area contributed by atoms with E-state index in [0.29, 0.717) is 6.42 Å². The van der Waals surface area contributed by atoms with E-state index in [1.807, 2.05) is 66.7 Å². The van der Waals surface area contributed by atoms with Crippen molar-refractivity contribution in [3.63, 3.8) is 0 Å². The third-order valence-corrected chi connectivity index (χ3v) is 4.11. The summed E-state index contributed by atoms with van der Waals surface area (Å²) in [5.41, 5.74) is 4.91. The molecule has 0 aromatic heterocycles. The van der Waals surface area contributed by atoms with Gasteiger partial charge in [-0.3, -0.25) is 0 Å². The molecule has 0 amide bonds. The molecular weight excluding hydrogens is 284 g/mol. The molecule has 116 valence electrons. The van der Waals surface area contributed by atoms with Crippen molar-refractivity contribution in [3.8, 4) is 11.1 Å². The van der Waals surface area contributed by atoms with Gasteiger partial charge >= 0.3 is 0 Å². The Kier molecular flexibility index (Phi) is 4.86. The van der Waals surface area contributed by atoms with Crippen LogP contribution in [0.5, 0.6) is 0 Å². The third-order valence-electron chi connectivity index (χ3n) is 4.11. The zero-order chi connectivity index (χ0) is 16.1. The van der Waals surface area contributed by atoms with Crippen LogP contribution in [0.4, 0.5) is 0 Å². The first-order valence-electron chi connectivity index (χ1n) is 7.79. The van der Waals surface area contributed by atoms with Crippen molar-refractivity contribution in [2.45, 2.75) is 19.1 Å². The Balaban J connectivity index is 2.00. The molecule has 0 aliphatic carbocycles. The van der Waals surface area contributed by atoms with E-state index in [1.165, 1.54) is 0 Å². The third kappa shape index (κ3) is 3.50.